The minimum absolute atomic E-state index is 0.0175. The Morgan fingerprint density at radius 3 is 2.70 bits per heavy atom. The van der Waals surface area contributed by atoms with Crippen LogP contribution in [0.2, 0.25) is 0 Å². The Hall–Kier alpha value is -4.27. The smallest absolute Gasteiger partial charge is 0.259 e. The quantitative estimate of drug-likeness (QED) is 0.428. The summed E-state index contributed by atoms with van der Waals surface area (Å²) < 4.78 is 18.2. The number of aromatic amines is 1. The van der Waals surface area contributed by atoms with Gasteiger partial charge in [-0.2, -0.15) is 0 Å². The lowest BCUT2D eigenvalue weighted by Crippen LogP contribution is -2.18. The Balaban J connectivity index is 2.14. The van der Waals surface area contributed by atoms with Gasteiger partial charge in [0.25, 0.3) is 11.5 Å². The van der Waals surface area contributed by atoms with E-state index in [-0.39, 0.29) is 22.7 Å². The van der Waals surface area contributed by atoms with Gasteiger partial charge in [-0.3, -0.25) is 9.59 Å². The van der Waals surface area contributed by atoms with E-state index in [1.807, 2.05) is 0 Å². The number of hydrogen-bond acceptors (Lipinski definition) is 6. The molecule has 9 heteroatoms. The molecular formula is C21H18FN5O3. The Morgan fingerprint density at radius 2 is 2.07 bits per heavy atom. The second-order valence-electron chi connectivity index (χ2n) is 6.00. The fourth-order valence-corrected chi connectivity index (χ4v) is 2.69. The van der Waals surface area contributed by atoms with Gasteiger partial charge in [0.15, 0.2) is 0 Å². The average molecular weight is 407 g/mol. The molecule has 0 aliphatic carbocycles. The zero-order chi connectivity index (χ0) is 21.7. The highest BCUT2D eigenvalue weighted by molar-refractivity contribution is 6.12. The number of pyridine rings is 2. The van der Waals surface area contributed by atoms with Crippen LogP contribution in [-0.2, 0) is 4.74 Å². The zero-order valence-corrected chi connectivity index (χ0v) is 16.0. The molecule has 0 atom stereocenters. The van der Waals surface area contributed by atoms with Crippen molar-refractivity contribution in [3.05, 3.63) is 94.8 Å². The molecule has 2 heterocycles. The van der Waals surface area contributed by atoms with Crippen molar-refractivity contribution in [3.8, 4) is 0 Å². The van der Waals surface area contributed by atoms with Crippen molar-refractivity contribution in [3.63, 3.8) is 0 Å². The van der Waals surface area contributed by atoms with Crippen molar-refractivity contribution >= 4 is 28.2 Å². The van der Waals surface area contributed by atoms with E-state index in [1.165, 1.54) is 37.7 Å². The third-order valence-corrected chi connectivity index (χ3v) is 4.13. The maximum atomic E-state index is 13.1. The molecule has 1 aromatic carbocycles. The number of carbonyl (C=O) groups is 1. The Bertz CT molecular complexity index is 1230. The summed E-state index contributed by atoms with van der Waals surface area (Å²) in [6.07, 6.45) is 4.09. The molecule has 0 saturated carbocycles. The van der Waals surface area contributed by atoms with Crippen LogP contribution in [0.25, 0.3) is 10.8 Å². The third kappa shape index (κ3) is 4.25. The molecule has 0 spiro atoms. The van der Waals surface area contributed by atoms with Gasteiger partial charge < -0.3 is 20.8 Å². The van der Waals surface area contributed by atoms with Crippen molar-refractivity contribution < 1.29 is 13.9 Å². The summed E-state index contributed by atoms with van der Waals surface area (Å²) in [6.45, 7) is 3.72. The third-order valence-electron chi connectivity index (χ3n) is 4.13. The van der Waals surface area contributed by atoms with E-state index in [0.717, 1.165) is 12.1 Å². The number of halogens is 1. The fourth-order valence-electron chi connectivity index (χ4n) is 2.69. The van der Waals surface area contributed by atoms with Crippen LogP contribution in [-0.4, -0.2) is 28.7 Å². The topological polar surface area (TPSA) is 122 Å². The molecule has 0 bridgehead atoms. The Kier molecular flexibility index (Phi) is 6.02. The first-order valence-corrected chi connectivity index (χ1v) is 8.73. The predicted octanol–water partition coefficient (Wildman–Crippen LogP) is 2.69. The number of nitrogens with zero attached hydrogens (tertiary/aromatic N) is 2. The van der Waals surface area contributed by atoms with Gasteiger partial charge in [0.1, 0.15) is 11.6 Å². The first-order chi connectivity index (χ1) is 14.5. The first kappa shape index (κ1) is 20.5. The molecule has 3 rings (SSSR count). The number of ether oxygens (including phenoxy) is 1. The second-order valence-corrected chi connectivity index (χ2v) is 6.00. The van der Waals surface area contributed by atoms with Crippen molar-refractivity contribution in [2.24, 2.45) is 10.7 Å². The maximum absolute atomic E-state index is 13.1. The highest BCUT2D eigenvalue weighted by Crippen LogP contribution is 2.21. The number of amides is 1. The van der Waals surface area contributed by atoms with Crippen LogP contribution in [0.4, 0.5) is 10.2 Å². The molecule has 0 saturated heterocycles. The fraction of sp³-hybridized carbons (Fsp3) is 0.0476. The van der Waals surface area contributed by atoms with Crippen molar-refractivity contribution in [2.75, 3.05) is 12.4 Å². The van der Waals surface area contributed by atoms with Crippen molar-refractivity contribution in [2.45, 2.75) is 0 Å². The molecule has 0 fully saturated rings. The number of allylic oxidation sites excluding steroid dienone is 1. The molecule has 0 radical (unpaired) electrons. The van der Waals surface area contributed by atoms with Gasteiger partial charge in [-0.1, -0.05) is 6.58 Å². The van der Waals surface area contributed by atoms with Gasteiger partial charge in [-0.05, 0) is 47.9 Å². The standard InChI is InChI=1S/C21H18FN5O3/c1-3-15(25-17(11-23)30-2)16-10-13-8-9-24-21(29)18(13)19(26-16)27-20(28)12-4-6-14(22)7-5-12/h3-11H,1,23H2,2H3,(H,24,29)(H,26,27,28)/b17-11+,25-15?. The molecule has 0 unspecified atom stereocenters. The molecule has 3 aromatic rings. The number of rotatable bonds is 6. The number of aromatic nitrogens is 2. The molecule has 2 aromatic heterocycles. The maximum Gasteiger partial charge on any atom is 0.259 e. The van der Waals surface area contributed by atoms with Gasteiger partial charge in [0, 0.05) is 11.8 Å². The highest BCUT2D eigenvalue weighted by Gasteiger charge is 2.15. The van der Waals surface area contributed by atoms with Gasteiger partial charge in [0.2, 0.25) is 5.88 Å². The van der Waals surface area contributed by atoms with E-state index < -0.39 is 17.3 Å². The number of benzene rings is 1. The largest absolute Gasteiger partial charge is 0.480 e. The molecule has 0 aliphatic heterocycles. The van der Waals surface area contributed by atoms with Crippen LogP contribution >= 0.6 is 0 Å². The predicted molar refractivity (Wildman–Crippen MR) is 113 cm³/mol. The van der Waals surface area contributed by atoms with Crippen LogP contribution in [0.3, 0.4) is 0 Å². The number of nitrogens with two attached hydrogens (primary N) is 1. The van der Waals surface area contributed by atoms with Crippen LogP contribution in [0.15, 0.2) is 77.1 Å². The van der Waals surface area contributed by atoms with Crippen molar-refractivity contribution in [1.82, 2.24) is 9.97 Å². The minimum atomic E-state index is -0.555. The number of methoxy groups -OCH3 is 1. The molecule has 152 valence electrons. The minimum Gasteiger partial charge on any atom is -0.480 e. The van der Waals surface area contributed by atoms with Crippen LogP contribution in [0, 0.1) is 5.82 Å². The molecule has 1 amide bonds. The average Bonchev–Trinajstić information content (AvgIpc) is 2.75. The van der Waals surface area contributed by atoms with E-state index in [2.05, 4.69) is 26.9 Å². The van der Waals surface area contributed by atoms with Crippen molar-refractivity contribution in [1.29, 1.82) is 0 Å². The van der Waals surface area contributed by atoms with E-state index in [9.17, 15) is 14.0 Å². The molecule has 30 heavy (non-hydrogen) atoms. The lowest BCUT2D eigenvalue weighted by Gasteiger charge is -2.11. The van der Waals surface area contributed by atoms with Gasteiger partial charge in [-0.15, -0.1) is 0 Å². The summed E-state index contributed by atoms with van der Waals surface area (Å²) in [7, 11) is 1.41. The van der Waals surface area contributed by atoms with Crippen LogP contribution in [0.5, 0.6) is 0 Å². The van der Waals surface area contributed by atoms with Crippen LogP contribution < -0.4 is 16.6 Å². The zero-order valence-electron chi connectivity index (χ0n) is 16.0. The summed E-state index contributed by atoms with van der Waals surface area (Å²) in [6, 6.07) is 8.27. The Morgan fingerprint density at radius 1 is 1.33 bits per heavy atom. The summed E-state index contributed by atoms with van der Waals surface area (Å²) in [5.74, 6) is -0.874. The lowest BCUT2D eigenvalue weighted by molar-refractivity contribution is 0.102. The van der Waals surface area contributed by atoms with Gasteiger partial charge in [0.05, 0.1) is 30.1 Å². The second kappa shape index (κ2) is 8.82. The number of H-pyrrole nitrogens is 1. The van der Waals surface area contributed by atoms with E-state index >= 15 is 0 Å². The summed E-state index contributed by atoms with van der Waals surface area (Å²) in [4.78, 5) is 36.2. The van der Waals surface area contributed by atoms with E-state index in [0.29, 0.717) is 16.8 Å². The summed E-state index contributed by atoms with van der Waals surface area (Å²) in [5.41, 5.74) is 5.88. The number of carbonyl (C=O) groups excluding carboxylic acids is 1. The van der Waals surface area contributed by atoms with E-state index in [4.69, 9.17) is 10.5 Å². The number of hydrogen-bond donors (Lipinski definition) is 3. The van der Waals surface area contributed by atoms with Crippen LogP contribution in [0.1, 0.15) is 16.1 Å². The molecular weight excluding hydrogens is 389 g/mol. The summed E-state index contributed by atoms with van der Waals surface area (Å²) >= 11 is 0. The van der Waals surface area contributed by atoms with Gasteiger partial charge in [-0.25, -0.2) is 14.4 Å². The summed E-state index contributed by atoms with van der Waals surface area (Å²) in [5, 5.41) is 3.31. The molecule has 0 aliphatic rings. The number of fused-ring (bicyclic) bond motifs is 1. The van der Waals surface area contributed by atoms with Gasteiger partial charge >= 0.3 is 0 Å². The molecule has 4 N–H and O–H groups in total. The SMILES string of the molecule is C=CC(=N/C(=C\N)OC)c1cc2cc[nH]c(=O)c2c(NC(=O)c2ccc(F)cc2)n1. The van der Waals surface area contributed by atoms with E-state index in [1.54, 1.807) is 12.1 Å². The Labute approximate surface area is 170 Å². The number of anilines is 1. The normalized spacial score (nSPS) is 11.9. The number of nitrogens with one attached hydrogen (secondary N) is 2. The number of aliphatic imine (C=N–C) groups is 1. The lowest BCUT2D eigenvalue weighted by atomic mass is 10.1. The highest BCUT2D eigenvalue weighted by atomic mass is 19.1. The molecule has 8 nitrogen and oxygen atoms in total. The first-order valence-electron chi connectivity index (χ1n) is 8.73. The monoisotopic (exact) mass is 407 g/mol.